The van der Waals surface area contributed by atoms with E-state index in [1.165, 1.54) is 12.5 Å². The average Bonchev–Trinajstić information content (AvgIpc) is 2.67. The van der Waals surface area contributed by atoms with Gasteiger partial charge in [0.25, 0.3) is 5.69 Å². The third-order valence-electron chi connectivity index (χ3n) is 4.26. The number of nitro groups is 1. The second kappa shape index (κ2) is 5.88. The van der Waals surface area contributed by atoms with Crippen LogP contribution in [0.4, 0.5) is 5.69 Å². The van der Waals surface area contributed by atoms with Crippen LogP contribution in [0.3, 0.4) is 0 Å². The summed E-state index contributed by atoms with van der Waals surface area (Å²) in [6, 6.07) is 5.15. The molecule has 1 aliphatic rings. The van der Waals surface area contributed by atoms with E-state index in [1.807, 2.05) is 0 Å². The van der Waals surface area contributed by atoms with Gasteiger partial charge in [-0.25, -0.2) is 0 Å². The minimum atomic E-state index is -0.353. The van der Waals surface area contributed by atoms with Crippen LogP contribution in [-0.4, -0.2) is 11.0 Å². The van der Waals surface area contributed by atoms with Gasteiger partial charge in [0.1, 0.15) is 0 Å². The van der Waals surface area contributed by atoms with Crippen LogP contribution in [0.1, 0.15) is 32.3 Å². The van der Waals surface area contributed by atoms with Crippen molar-refractivity contribution in [3.63, 3.8) is 0 Å². The zero-order chi connectivity index (χ0) is 14.0. The maximum Gasteiger partial charge on any atom is 0.273 e. The molecular weight excluding hydrogens is 264 g/mol. The number of rotatable bonds is 4. The van der Waals surface area contributed by atoms with Crippen LogP contribution >= 0.6 is 11.6 Å². The van der Waals surface area contributed by atoms with Crippen molar-refractivity contribution in [2.45, 2.75) is 39.3 Å². The zero-order valence-corrected chi connectivity index (χ0v) is 12.0. The number of hydrogen-bond donors (Lipinski definition) is 1. The minimum Gasteiger partial charge on any atom is -0.309 e. The maximum absolute atomic E-state index is 11.0. The standard InChI is InChI=1S/C14H19ClN2O2/c1-9-3-5-13(10(9)2)16-8-11-7-12(15)4-6-14(11)17(18)19/h4,6-7,9-10,13,16H,3,5,8H2,1-2H3. The quantitative estimate of drug-likeness (QED) is 0.675. The van der Waals surface area contributed by atoms with E-state index in [-0.39, 0.29) is 10.6 Å². The van der Waals surface area contributed by atoms with Gasteiger partial charge >= 0.3 is 0 Å². The van der Waals surface area contributed by atoms with Gasteiger partial charge in [-0.15, -0.1) is 0 Å². The molecule has 0 aliphatic heterocycles. The lowest BCUT2D eigenvalue weighted by Gasteiger charge is -2.19. The van der Waals surface area contributed by atoms with Gasteiger partial charge < -0.3 is 5.32 Å². The third-order valence-corrected chi connectivity index (χ3v) is 4.49. The fourth-order valence-corrected chi connectivity index (χ4v) is 2.96. The molecular formula is C14H19ClN2O2. The monoisotopic (exact) mass is 282 g/mol. The number of nitro benzene ring substituents is 1. The molecule has 5 heteroatoms. The molecule has 0 spiro atoms. The van der Waals surface area contributed by atoms with Gasteiger partial charge in [0.2, 0.25) is 0 Å². The molecule has 0 bridgehead atoms. The molecule has 1 N–H and O–H groups in total. The highest BCUT2D eigenvalue weighted by Gasteiger charge is 2.29. The summed E-state index contributed by atoms with van der Waals surface area (Å²) in [7, 11) is 0. The van der Waals surface area contributed by atoms with Crippen LogP contribution in [0.25, 0.3) is 0 Å². The fraction of sp³-hybridized carbons (Fsp3) is 0.571. The Bertz CT molecular complexity index is 479. The number of nitrogens with one attached hydrogen (secondary N) is 1. The molecule has 0 aromatic heterocycles. The van der Waals surface area contributed by atoms with Gasteiger partial charge in [0.05, 0.1) is 4.92 Å². The lowest BCUT2D eigenvalue weighted by atomic mass is 9.97. The number of halogens is 1. The van der Waals surface area contributed by atoms with Gasteiger partial charge in [0.15, 0.2) is 0 Å². The van der Waals surface area contributed by atoms with Crippen molar-refractivity contribution in [3.8, 4) is 0 Å². The first-order chi connectivity index (χ1) is 8.99. The van der Waals surface area contributed by atoms with Crippen LogP contribution in [0.15, 0.2) is 18.2 Å². The molecule has 0 radical (unpaired) electrons. The molecule has 3 unspecified atom stereocenters. The summed E-state index contributed by atoms with van der Waals surface area (Å²) in [5.41, 5.74) is 0.792. The van der Waals surface area contributed by atoms with Gasteiger partial charge in [-0.3, -0.25) is 10.1 Å². The molecule has 1 aromatic rings. The van der Waals surface area contributed by atoms with E-state index in [9.17, 15) is 10.1 Å². The zero-order valence-electron chi connectivity index (χ0n) is 11.2. The van der Waals surface area contributed by atoms with Crippen LogP contribution in [-0.2, 0) is 6.54 Å². The molecule has 0 amide bonds. The Hall–Kier alpha value is -1.13. The highest BCUT2D eigenvalue weighted by molar-refractivity contribution is 6.30. The van der Waals surface area contributed by atoms with Gasteiger partial charge in [0, 0.05) is 29.2 Å². The summed E-state index contributed by atoms with van der Waals surface area (Å²) in [6.07, 6.45) is 2.35. The summed E-state index contributed by atoms with van der Waals surface area (Å²) in [6.45, 7) is 4.99. The molecule has 0 saturated heterocycles. The van der Waals surface area contributed by atoms with Gasteiger partial charge in [-0.2, -0.15) is 0 Å². The van der Waals surface area contributed by atoms with E-state index >= 15 is 0 Å². The SMILES string of the molecule is CC1CCC(NCc2cc(Cl)ccc2[N+](=O)[O-])C1C. The van der Waals surface area contributed by atoms with Crippen LogP contribution in [0.5, 0.6) is 0 Å². The van der Waals surface area contributed by atoms with Crippen molar-refractivity contribution in [2.24, 2.45) is 11.8 Å². The highest BCUT2D eigenvalue weighted by atomic mass is 35.5. The van der Waals surface area contributed by atoms with Crippen molar-refractivity contribution < 1.29 is 4.92 Å². The Kier molecular flexibility index (Phi) is 4.42. The van der Waals surface area contributed by atoms with Crippen LogP contribution < -0.4 is 5.32 Å². The smallest absolute Gasteiger partial charge is 0.273 e. The molecule has 1 aliphatic carbocycles. The normalized spacial score (nSPS) is 26.6. The average molecular weight is 283 g/mol. The van der Waals surface area contributed by atoms with E-state index in [0.29, 0.717) is 35.0 Å². The van der Waals surface area contributed by atoms with E-state index in [2.05, 4.69) is 19.2 Å². The van der Waals surface area contributed by atoms with Crippen LogP contribution in [0, 0.1) is 22.0 Å². The second-order valence-corrected chi connectivity index (χ2v) is 5.87. The Morgan fingerprint density at radius 2 is 2.16 bits per heavy atom. The Labute approximate surface area is 118 Å². The highest BCUT2D eigenvalue weighted by Crippen LogP contribution is 2.31. The van der Waals surface area contributed by atoms with E-state index in [0.717, 1.165) is 6.42 Å². The minimum absolute atomic E-state index is 0.135. The van der Waals surface area contributed by atoms with Crippen molar-refractivity contribution in [3.05, 3.63) is 38.9 Å². The number of benzene rings is 1. The molecule has 19 heavy (non-hydrogen) atoms. The van der Waals surface area contributed by atoms with Crippen LogP contribution in [0.2, 0.25) is 5.02 Å². The second-order valence-electron chi connectivity index (χ2n) is 5.43. The molecule has 2 rings (SSSR count). The fourth-order valence-electron chi connectivity index (χ4n) is 2.77. The van der Waals surface area contributed by atoms with Crippen molar-refractivity contribution in [1.82, 2.24) is 5.32 Å². The van der Waals surface area contributed by atoms with Gasteiger partial charge in [-0.05, 0) is 36.8 Å². The van der Waals surface area contributed by atoms with Crippen molar-refractivity contribution in [1.29, 1.82) is 0 Å². The van der Waals surface area contributed by atoms with E-state index in [4.69, 9.17) is 11.6 Å². The molecule has 104 valence electrons. The first kappa shape index (κ1) is 14.3. The van der Waals surface area contributed by atoms with E-state index in [1.54, 1.807) is 12.1 Å². The van der Waals surface area contributed by atoms with Crippen molar-refractivity contribution >= 4 is 17.3 Å². The molecule has 1 aromatic carbocycles. The summed E-state index contributed by atoms with van der Waals surface area (Å²) in [4.78, 5) is 10.6. The predicted octanol–water partition coefficient (Wildman–Crippen LogP) is 3.77. The number of nitrogens with zero attached hydrogens (tertiary/aromatic N) is 1. The summed E-state index contributed by atoms with van der Waals surface area (Å²) in [5.74, 6) is 1.32. The Morgan fingerprint density at radius 1 is 1.42 bits per heavy atom. The van der Waals surface area contributed by atoms with Gasteiger partial charge in [-0.1, -0.05) is 25.4 Å². The maximum atomic E-state index is 11.0. The summed E-state index contributed by atoms with van der Waals surface area (Å²) >= 11 is 5.92. The molecule has 1 saturated carbocycles. The molecule has 0 heterocycles. The summed E-state index contributed by atoms with van der Waals surface area (Å²) < 4.78 is 0. The van der Waals surface area contributed by atoms with E-state index < -0.39 is 0 Å². The first-order valence-electron chi connectivity index (χ1n) is 6.65. The molecule has 1 fully saturated rings. The third kappa shape index (κ3) is 3.25. The topological polar surface area (TPSA) is 55.2 Å². The lowest BCUT2D eigenvalue weighted by Crippen LogP contribution is -2.32. The largest absolute Gasteiger partial charge is 0.309 e. The van der Waals surface area contributed by atoms with Crippen molar-refractivity contribution in [2.75, 3.05) is 0 Å². The molecule has 4 nitrogen and oxygen atoms in total. The lowest BCUT2D eigenvalue weighted by molar-refractivity contribution is -0.385. The Morgan fingerprint density at radius 3 is 2.74 bits per heavy atom. The first-order valence-corrected chi connectivity index (χ1v) is 7.03. The predicted molar refractivity (Wildman–Crippen MR) is 76.3 cm³/mol. The molecule has 3 atom stereocenters. The Balaban J connectivity index is 2.07. The summed E-state index contributed by atoms with van der Waals surface area (Å²) in [5, 5.41) is 15.0. The number of hydrogen-bond acceptors (Lipinski definition) is 3.